The molecular formula is C20H20N4O3S. The van der Waals surface area contributed by atoms with Gasteiger partial charge in [-0.3, -0.25) is 4.79 Å². The smallest absolute Gasteiger partial charge is 0.336 e. The number of aromatic amines is 1. The van der Waals surface area contributed by atoms with Crippen LogP contribution in [0.2, 0.25) is 0 Å². The van der Waals surface area contributed by atoms with Crippen LogP contribution in [0.15, 0.2) is 52.3 Å². The minimum absolute atomic E-state index is 0.0239. The number of hydrogen-bond donors (Lipinski definition) is 3. The fraction of sp³-hybridized carbons (Fsp3) is 0.250. The number of nitrogens with zero attached hydrogens (tertiary/aromatic N) is 1. The molecule has 0 spiro atoms. The van der Waals surface area contributed by atoms with Gasteiger partial charge in [-0.1, -0.05) is 30.0 Å². The fourth-order valence-electron chi connectivity index (χ4n) is 3.29. The SMILES string of the molecule is CCOC(=O)C1=C(C)NC(SCC(N)=O)=C(C#N)C1c1c[nH]c2ccccc12. The van der Waals surface area contributed by atoms with E-state index in [-0.39, 0.29) is 12.4 Å². The number of nitrogens with two attached hydrogens (primary N) is 1. The number of nitrogens with one attached hydrogen (secondary N) is 2. The zero-order chi connectivity index (χ0) is 20.3. The van der Waals surface area contributed by atoms with Crippen molar-refractivity contribution in [3.8, 4) is 6.07 Å². The lowest BCUT2D eigenvalue weighted by molar-refractivity contribution is -0.138. The van der Waals surface area contributed by atoms with Gasteiger partial charge in [0.15, 0.2) is 0 Å². The molecule has 1 aromatic carbocycles. The van der Waals surface area contributed by atoms with E-state index in [0.29, 0.717) is 21.9 Å². The molecule has 0 bridgehead atoms. The van der Waals surface area contributed by atoms with Crippen molar-refractivity contribution in [2.45, 2.75) is 19.8 Å². The van der Waals surface area contributed by atoms with E-state index in [4.69, 9.17) is 10.5 Å². The predicted molar refractivity (Wildman–Crippen MR) is 108 cm³/mol. The lowest BCUT2D eigenvalue weighted by atomic mass is 9.82. The molecule has 1 aliphatic heterocycles. The molecule has 1 amide bonds. The zero-order valence-electron chi connectivity index (χ0n) is 15.5. The maximum absolute atomic E-state index is 12.7. The molecule has 1 aromatic heterocycles. The monoisotopic (exact) mass is 396 g/mol. The summed E-state index contributed by atoms with van der Waals surface area (Å²) in [6.45, 7) is 3.72. The Kier molecular flexibility index (Phi) is 5.76. The first-order valence-corrected chi connectivity index (χ1v) is 9.72. The minimum atomic E-state index is -0.614. The molecule has 0 radical (unpaired) electrons. The number of primary amides is 1. The van der Waals surface area contributed by atoms with Crippen LogP contribution < -0.4 is 11.1 Å². The van der Waals surface area contributed by atoms with Crippen LogP contribution in [0.3, 0.4) is 0 Å². The first kappa shape index (κ1) is 19.6. The second kappa shape index (κ2) is 8.23. The van der Waals surface area contributed by atoms with Gasteiger partial charge < -0.3 is 20.8 Å². The maximum atomic E-state index is 12.7. The maximum Gasteiger partial charge on any atom is 0.336 e. The van der Waals surface area contributed by atoms with Gasteiger partial charge in [-0.05, 0) is 25.5 Å². The molecule has 2 aromatic rings. The number of allylic oxidation sites excluding steroid dienone is 2. The molecule has 0 aliphatic carbocycles. The third kappa shape index (κ3) is 3.62. The number of carbonyl (C=O) groups is 2. The number of rotatable bonds is 6. The summed E-state index contributed by atoms with van der Waals surface area (Å²) in [6, 6.07) is 9.90. The number of aromatic nitrogens is 1. The number of fused-ring (bicyclic) bond motifs is 1. The number of hydrogen-bond acceptors (Lipinski definition) is 6. The topological polar surface area (TPSA) is 121 Å². The van der Waals surface area contributed by atoms with E-state index in [2.05, 4.69) is 16.4 Å². The van der Waals surface area contributed by atoms with Gasteiger partial charge >= 0.3 is 5.97 Å². The number of nitriles is 1. The lowest BCUT2D eigenvalue weighted by Crippen LogP contribution is -2.29. The van der Waals surface area contributed by atoms with E-state index in [1.54, 1.807) is 20.0 Å². The normalized spacial score (nSPS) is 16.7. The van der Waals surface area contributed by atoms with Crippen LogP contribution in [0.5, 0.6) is 0 Å². The van der Waals surface area contributed by atoms with Crippen LogP contribution >= 0.6 is 11.8 Å². The van der Waals surface area contributed by atoms with Crippen LogP contribution in [-0.4, -0.2) is 29.2 Å². The quantitative estimate of drug-likeness (QED) is 0.646. The third-order valence-corrected chi connectivity index (χ3v) is 5.47. The molecule has 3 rings (SSSR count). The van der Waals surface area contributed by atoms with E-state index in [1.807, 2.05) is 24.3 Å². The summed E-state index contributed by atoms with van der Waals surface area (Å²) in [6.07, 6.45) is 1.81. The van der Waals surface area contributed by atoms with Gasteiger partial charge in [-0.2, -0.15) is 5.26 Å². The number of dihydropyridines is 1. The summed E-state index contributed by atoms with van der Waals surface area (Å²) in [5, 5.41) is 14.4. The Morgan fingerprint density at radius 1 is 1.36 bits per heavy atom. The Hall–Kier alpha value is -3.18. The van der Waals surface area contributed by atoms with Crippen molar-refractivity contribution in [1.82, 2.24) is 10.3 Å². The standard InChI is InChI=1S/C20H20N4O3S/c1-3-27-20(26)17-11(2)24-19(28-10-16(22)25)13(8-21)18(17)14-9-23-15-7-5-4-6-12(14)15/h4-7,9,18,23-24H,3,10H2,1-2H3,(H2,22,25). The molecule has 8 heteroatoms. The second-order valence-electron chi connectivity index (χ2n) is 6.22. The first-order chi connectivity index (χ1) is 13.5. The largest absolute Gasteiger partial charge is 0.463 e. The van der Waals surface area contributed by atoms with Crippen molar-refractivity contribution in [3.05, 3.63) is 57.9 Å². The van der Waals surface area contributed by atoms with Crippen molar-refractivity contribution in [3.63, 3.8) is 0 Å². The highest BCUT2D eigenvalue weighted by Gasteiger charge is 2.36. The Morgan fingerprint density at radius 3 is 2.79 bits per heavy atom. The van der Waals surface area contributed by atoms with Gasteiger partial charge in [0.05, 0.1) is 40.5 Å². The van der Waals surface area contributed by atoms with E-state index in [0.717, 1.165) is 28.2 Å². The molecule has 28 heavy (non-hydrogen) atoms. The van der Waals surface area contributed by atoms with Crippen molar-refractivity contribution in [2.75, 3.05) is 12.4 Å². The first-order valence-electron chi connectivity index (χ1n) is 8.74. The van der Waals surface area contributed by atoms with E-state index in [9.17, 15) is 14.9 Å². The summed E-state index contributed by atoms with van der Waals surface area (Å²) in [4.78, 5) is 27.2. The molecule has 0 saturated carbocycles. The molecule has 0 saturated heterocycles. The van der Waals surface area contributed by atoms with Crippen molar-refractivity contribution >= 4 is 34.5 Å². The Labute approximate surface area is 166 Å². The van der Waals surface area contributed by atoms with Crippen LogP contribution in [0, 0.1) is 11.3 Å². The average molecular weight is 396 g/mol. The summed E-state index contributed by atoms with van der Waals surface area (Å²) >= 11 is 1.15. The van der Waals surface area contributed by atoms with Crippen molar-refractivity contribution in [1.29, 1.82) is 5.26 Å². The molecule has 1 atom stereocenters. The van der Waals surface area contributed by atoms with Crippen molar-refractivity contribution < 1.29 is 14.3 Å². The van der Waals surface area contributed by atoms with Gasteiger partial charge in [-0.25, -0.2) is 4.79 Å². The summed E-state index contributed by atoms with van der Waals surface area (Å²) < 4.78 is 5.26. The molecule has 2 heterocycles. The van der Waals surface area contributed by atoms with E-state index < -0.39 is 17.8 Å². The minimum Gasteiger partial charge on any atom is -0.463 e. The van der Waals surface area contributed by atoms with Crippen LogP contribution in [-0.2, 0) is 14.3 Å². The summed E-state index contributed by atoms with van der Waals surface area (Å²) in [7, 11) is 0. The van der Waals surface area contributed by atoms with E-state index >= 15 is 0 Å². The van der Waals surface area contributed by atoms with Gasteiger partial charge in [0, 0.05) is 22.8 Å². The number of esters is 1. The summed E-state index contributed by atoms with van der Waals surface area (Å²) in [5.41, 5.74) is 8.28. The number of H-pyrrole nitrogens is 1. The summed E-state index contributed by atoms with van der Waals surface area (Å²) in [5.74, 6) is -1.56. The fourth-order valence-corrected chi connectivity index (χ4v) is 4.12. The number of ether oxygens (including phenoxy) is 1. The van der Waals surface area contributed by atoms with Crippen LogP contribution in [0.1, 0.15) is 25.3 Å². The van der Waals surface area contributed by atoms with E-state index in [1.165, 1.54) is 0 Å². The molecular weight excluding hydrogens is 376 g/mol. The lowest BCUT2D eigenvalue weighted by Gasteiger charge is -2.28. The average Bonchev–Trinajstić information content (AvgIpc) is 3.09. The number of amides is 1. The molecule has 4 N–H and O–H groups in total. The zero-order valence-corrected chi connectivity index (χ0v) is 16.4. The Morgan fingerprint density at radius 2 is 2.11 bits per heavy atom. The number of carbonyl (C=O) groups excluding carboxylic acids is 2. The van der Waals surface area contributed by atoms with Gasteiger partial charge in [0.1, 0.15) is 0 Å². The molecule has 0 fully saturated rings. The molecule has 144 valence electrons. The van der Waals surface area contributed by atoms with Crippen molar-refractivity contribution in [2.24, 2.45) is 5.73 Å². The second-order valence-corrected chi connectivity index (χ2v) is 7.20. The van der Waals surface area contributed by atoms with Gasteiger partial charge in [-0.15, -0.1) is 0 Å². The number of para-hydroxylation sites is 1. The molecule has 7 nitrogen and oxygen atoms in total. The highest BCUT2D eigenvalue weighted by atomic mass is 32.2. The highest BCUT2D eigenvalue weighted by Crippen LogP contribution is 2.43. The highest BCUT2D eigenvalue weighted by molar-refractivity contribution is 8.03. The van der Waals surface area contributed by atoms with Gasteiger partial charge in [0.2, 0.25) is 5.91 Å². The molecule has 1 aliphatic rings. The van der Waals surface area contributed by atoms with Crippen LogP contribution in [0.4, 0.5) is 0 Å². The van der Waals surface area contributed by atoms with Gasteiger partial charge in [0.25, 0.3) is 0 Å². The molecule has 1 unspecified atom stereocenters. The third-order valence-electron chi connectivity index (χ3n) is 4.43. The Bertz CT molecular complexity index is 1050. The predicted octanol–water partition coefficient (Wildman–Crippen LogP) is 2.65. The number of benzene rings is 1. The van der Waals surface area contributed by atoms with Crippen LogP contribution in [0.25, 0.3) is 10.9 Å². The Balaban J connectivity index is 2.19. The number of thioether (sulfide) groups is 1.